The highest BCUT2D eigenvalue weighted by Crippen LogP contribution is 2.16. The van der Waals surface area contributed by atoms with Crippen LogP contribution < -0.4 is 16.0 Å². The zero-order valence-electron chi connectivity index (χ0n) is 17.8. The molecule has 0 aliphatic heterocycles. The maximum Gasteiger partial charge on any atom is 0.251 e. The van der Waals surface area contributed by atoms with Crippen LogP contribution in [0.25, 0.3) is 0 Å². The average molecular weight is 529 g/mol. The van der Waals surface area contributed by atoms with Crippen LogP contribution in [0, 0.1) is 13.8 Å². The molecule has 1 aromatic carbocycles. The van der Waals surface area contributed by atoms with E-state index in [-0.39, 0.29) is 35.9 Å². The first kappa shape index (κ1) is 25.4. The molecule has 3 N–H and O–H groups in total. The molecule has 6 nitrogen and oxygen atoms in total. The van der Waals surface area contributed by atoms with E-state index < -0.39 is 0 Å². The number of amides is 1. The lowest BCUT2D eigenvalue weighted by Crippen LogP contribution is -2.36. The lowest BCUT2D eigenvalue weighted by Gasteiger charge is -2.12. The van der Waals surface area contributed by atoms with Crippen LogP contribution in [-0.4, -0.2) is 29.4 Å². The Bertz CT molecular complexity index is 804. The van der Waals surface area contributed by atoms with Gasteiger partial charge in [0.1, 0.15) is 0 Å². The van der Waals surface area contributed by atoms with Gasteiger partial charge in [-0.1, -0.05) is 19.1 Å². The van der Waals surface area contributed by atoms with Gasteiger partial charge in [-0.3, -0.25) is 4.79 Å². The molecule has 0 bridgehead atoms. The number of guanidine groups is 1. The fourth-order valence-electron chi connectivity index (χ4n) is 2.58. The number of nitrogens with zero attached hydrogens (tertiary/aromatic N) is 2. The van der Waals surface area contributed by atoms with Crippen molar-refractivity contribution in [2.75, 3.05) is 6.54 Å². The quantitative estimate of drug-likeness (QED) is 0.273. The van der Waals surface area contributed by atoms with E-state index in [1.807, 2.05) is 52.0 Å². The van der Waals surface area contributed by atoms with Crippen LogP contribution in [0.1, 0.15) is 58.7 Å². The van der Waals surface area contributed by atoms with Crippen molar-refractivity contribution in [3.05, 3.63) is 51.0 Å². The molecule has 8 heteroatoms. The Morgan fingerprint density at radius 1 is 1.17 bits per heavy atom. The minimum absolute atomic E-state index is 0. The van der Waals surface area contributed by atoms with Gasteiger partial charge in [0, 0.05) is 23.0 Å². The molecule has 1 amide bonds. The monoisotopic (exact) mass is 529 g/mol. The van der Waals surface area contributed by atoms with Crippen LogP contribution in [0.4, 0.5) is 0 Å². The van der Waals surface area contributed by atoms with Gasteiger partial charge >= 0.3 is 0 Å². The van der Waals surface area contributed by atoms with Crippen LogP contribution in [0.2, 0.25) is 0 Å². The Balaban J connectivity index is 0.00000420. The van der Waals surface area contributed by atoms with Gasteiger partial charge in [-0.25, -0.2) is 9.98 Å². The van der Waals surface area contributed by atoms with Gasteiger partial charge in [-0.05, 0) is 51.8 Å². The molecular formula is C21H32IN5OS. The van der Waals surface area contributed by atoms with Crippen molar-refractivity contribution in [3.8, 4) is 0 Å². The number of rotatable bonds is 8. The van der Waals surface area contributed by atoms with Gasteiger partial charge in [0.05, 0.1) is 23.8 Å². The number of hydrogen-bond donors (Lipinski definition) is 3. The van der Waals surface area contributed by atoms with E-state index in [2.05, 4.69) is 32.9 Å². The average Bonchev–Trinajstić information content (AvgIpc) is 3.01. The molecule has 0 aliphatic rings. The molecule has 1 unspecified atom stereocenters. The van der Waals surface area contributed by atoms with E-state index in [9.17, 15) is 4.79 Å². The Kier molecular flexibility index (Phi) is 11.2. The van der Waals surface area contributed by atoms with Crippen LogP contribution in [-0.2, 0) is 13.1 Å². The minimum Gasteiger partial charge on any atom is -0.357 e. The van der Waals surface area contributed by atoms with Crippen molar-refractivity contribution in [2.45, 2.75) is 60.2 Å². The third kappa shape index (κ3) is 8.30. The second-order valence-electron chi connectivity index (χ2n) is 6.77. The van der Waals surface area contributed by atoms with E-state index in [0.717, 1.165) is 35.2 Å². The van der Waals surface area contributed by atoms with Crippen molar-refractivity contribution in [1.82, 2.24) is 20.9 Å². The number of carbonyl (C=O) groups is 1. The van der Waals surface area contributed by atoms with Crippen LogP contribution >= 0.6 is 35.3 Å². The van der Waals surface area contributed by atoms with Crippen molar-refractivity contribution in [2.24, 2.45) is 4.99 Å². The Hall–Kier alpha value is -1.68. The Morgan fingerprint density at radius 3 is 2.41 bits per heavy atom. The van der Waals surface area contributed by atoms with E-state index >= 15 is 0 Å². The van der Waals surface area contributed by atoms with Crippen molar-refractivity contribution in [1.29, 1.82) is 0 Å². The third-order valence-corrected chi connectivity index (χ3v) is 5.46. The largest absolute Gasteiger partial charge is 0.357 e. The predicted molar refractivity (Wildman–Crippen MR) is 132 cm³/mol. The van der Waals surface area contributed by atoms with Gasteiger partial charge in [-0.2, -0.15) is 0 Å². The summed E-state index contributed by atoms with van der Waals surface area (Å²) < 4.78 is 0. The fourth-order valence-corrected chi connectivity index (χ4v) is 3.46. The Labute approximate surface area is 195 Å². The summed E-state index contributed by atoms with van der Waals surface area (Å²) in [5.74, 6) is 0.737. The molecule has 0 fully saturated rings. The molecular weight excluding hydrogens is 497 g/mol. The number of carbonyl (C=O) groups excluding carboxylic acids is 1. The Morgan fingerprint density at radius 2 is 1.86 bits per heavy atom. The maximum absolute atomic E-state index is 12.2. The number of aryl methyl sites for hydroxylation is 2. The number of thiazole rings is 1. The molecule has 2 rings (SSSR count). The highest BCUT2D eigenvalue weighted by molar-refractivity contribution is 14.0. The highest BCUT2D eigenvalue weighted by Gasteiger charge is 2.08. The molecule has 0 radical (unpaired) electrons. The summed E-state index contributed by atoms with van der Waals surface area (Å²) in [6, 6.07) is 7.79. The summed E-state index contributed by atoms with van der Waals surface area (Å²) in [7, 11) is 0. The number of aliphatic imine (C=N–C) groups is 1. The standard InChI is InChI=1S/C21H31N5OS.HI/c1-6-14(3)25-20(27)18-10-8-17(9-11-18)12-23-21(22-7-2)24-13-19-15(4)26-16(5)28-19;/h8-11,14H,6-7,12-13H2,1-5H3,(H,25,27)(H2,22,23,24);1H. The molecule has 1 atom stereocenters. The topological polar surface area (TPSA) is 78.4 Å². The van der Waals surface area contributed by atoms with Gasteiger partial charge in [-0.15, -0.1) is 35.3 Å². The molecule has 160 valence electrons. The van der Waals surface area contributed by atoms with Gasteiger partial charge < -0.3 is 16.0 Å². The van der Waals surface area contributed by atoms with E-state index in [1.165, 1.54) is 4.88 Å². The van der Waals surface area contributed by atoms with Gasteiger partial charge in [0.25, 0.3) is 5.91 Å². The van der Waals surface area contributed by atoms with Crippen molar-refractivity contribution < 1.29 is 4.79 Å². The normalized spacial score (nSPS) is 12.1. The molecule has 2 aromatic rings. The summed E-state index contributed by atoms with van der Waals surface area (Å²) in [5, 5.41) is 10.7. The SMILES string of the molecule is CCNC(=NCc1ccc(C(=O)NC(C)CC)cc1)NCc1sc(C)nc1C.I. The summed E-state index contributed by atoms with van der Waals surface area (Å²) in [6.45, 7) is 12.2. The van der Waals surface area contributed by atoms with Gasteiger partial charge in [0.15, 0.2) is 5.96 Å². The fraction of sp³-hybridized carbons (Fsp3) is 0.476. The van der Waals surface area contributed by atoms with Crippen LogP contribution in [0.15, 0.2) is 29.3 Å². The molecule has 29 heavy (non-hydrogen) atoms. The molecule has 0 saturated heterocycles. The van der Waals surface area contributed by atoms with Crippen LogP contribution in [0.3, 0.4) is 0 Å². The highest BCUT2D eigenvalue weighted by atomic mass is 127. The number of nitrogens with one attached hydrogen (secondary N) is 3. The molecule has 0 aliphatic carbocycles. The van der Waals surface area contributed by atoms with Crippen molar-refractivity contribution in [3.63, 3.8) is 0 Å². The molecule has 0 spiro atoms. The summed E-state index contributed by atoms with van der Waals surface area (Å²) in [6.07, 6.45) is 0.916. The summed E-state index contributed by atoms with van der Waals surface area (Å²) >= 11 is 1.70. The summed E-state index contributed by atoms with van der Waals surface area (Å²) in [4.78, 5) is 22.5. The number of benzene rings is 1. The van der Waals surface area contributed by atoms with E-state index in [0.29, 0.717) is 18.7 Å². The van der Waals surface area contributed by atoms with Crippen molar-refractivity contribution >= 4 is 47.2 Å². The predicted octanol–water partition coefficient (Wildman–Crippen LogP) is 4.16. The van der Waals surface area contributed by atoms with Crippen LogP contribution in [0.5, 0.6) is 0 Å². The lowest BCUT2D eigenvalue weighted by atomic mass is 10.1. The first-order chi connectivity index (χ1) is 13.4. The third-order valence-electron chi connectivity index (χ3n) is 4.39. The molecule has 0 saturated carbocycles. The first-order valence-electron chi connectivity index (χ1n) is 9.77. The van der Waals surface area contributed by atoms with E-state index in [1.54, 1.807) is 11.3 Å². The second-order valence-corrected chi connectivity index (χ2v) is 8.06. The number of hydrogen-bond acceptors (Lipinski definition) is 4. The smallest absolute Gasteiger partial charge is 0.251 e. The molecule has 1 heterocycles. The minimum atomic E-state index is -0.0328. The maximum atomic E-state index is 12.2. The number of halogens is 1. The first-order valence-corrected chi connectivity index (χ1v) is 10.6. The second kappa shape index (κ2) is 12.8. The molecule has 1 aromatic heterocycles. The lowest BCUT2D eigenvalue weighted by molar-refractivity contribution is 0.0939. The van der Waals surface area contributed by atoms with Gasteiger partial charge in [0.2, 0.25) is 0 Å². The van der Waals surface area contributed by atoms with E-state index in [4.69, 9.17) is 0 Å². The summed E-state index contributed by atoms with van der Waals surface area (Å²) in [5.41, 5.74) is 2.80. The number of aromatic nitrogens is 1. The zero-order chi connectivity index (χ0) is 20.5. The zero-order valence-corrected chi connectivity index (χ0v) is 21.0.